The molecule has 0 saturated carbocycles. The number of carbonyl (C=O) groups is 1. The van der Waals surface area contributed by atoms with Gasteiger partial charge in [0.05, 0.1) is 0 Å². The number of aromatic nitrogens is 2. The molecule has 0 unspecified atom stereocenters. The summed E-state index contributed by atoms with van der Waals surface area (Å²) in [6.45, 7) is 5.84. The number of hydrogen-bond acceptors (Lipinski definition) is 4. The molecule has 1 aromatic carbocycles. The molecule has 2 aromatic rings. The van der Waals surface area contributed by atoms with Crippen LogP contribution in [0.3, 0.4) is 0 Å². The fourth-order valence-electron chi connectivity index (χ4n) is 2.60. The zero-order chi connectivity index (χ0) is 16.9. The van der Waals surface area contributed by atoms with E-state index in [-0.39, 0.29) is 11.3 Å². The highest BCUT2D eigenvalue weighted by Gasteiger charge is 2.20. The Hall–Kier alpha value is -2.27. The van der Waals surface area contributed by atoms with Crippen molar-refractivity contribution < 1.29 is 4.79 Å². The molecular formula is C18H24N4O. The summed E-state index contributed by atoms with van der Waals surface area (Å²) in [5.41, 5.74) is 2.62. The maximum absolute atomic E-state index is 12.3. The van der Waals surface area contributed by atoms with Gasteiger partial charge in [0.25, 0.3) is 5.91 Å². The van der Waals surface area contributed by atoms with Gasteiger partial charge in [0.1, 0.15) is 6.33 Å². The van der Waals surface area contributed by atoms with Gasteiger partial charge in [0.15, 0.2) is 0 Å². The molecule has 0 aliphatic heterocycles. The molecular weight excluding hydrogens is 288 g/mol. The van der Waals surface area contributed by atoms with Gasteiger partial charge in [-0.3, -0.25) is 4.79 Å². The van der Waals surface area contributed by atoms with Crippen molar-refractivity contribution >= 4 is 5.91 Å². The van der Waals surface area contributed by atoms with Crippen LogP contribution in [0, 0.1) is 5.41 Å². The van der Waals surface area contributed by atoms with E-state index in [1.807, 2.05) is 38.4 Å². The Kier molecular flexibility index (Phi) is 5.45. The lowest BCUT2D eigenvalue weighted by atomic mass is 9.93. The predicted octanol–water partition coefficient (Wildman–Crippen LogP) is 2.46. The Morgan fingerprint density at radius 2 is 1.70 bits per heavy atom. The molecule has 1 heterocycles. The SMILES string of the molecule is CN(C)CC(C)(C)CNC(=O)c1ccc(-c2cncnc2)cc1. The molecule has 1 amide bonds. The minimum absolute atomic E-state index is 0.0283. The van der Waals surface area contributed by atoms with Gasteiger partial charge in [-0.25, -0.2) is 9.97 Å². The zero-order valence-corrected chi connectivity index (χ0v) is 14.2. The third-order valence-electron chi connectivity index (χ3n) is 3.51. The van der Waals surface area contributed by atoms with E-state index in [0.717, 1.165) is 17.7 Å². The Balaban J connectivity index is 1.98. The van der Waals surface area contributed by atoms with Crippen molar-refractivity contribution in [1.82, 2.24) is 20.2 Å². The monoisotopic (exact) mass is 312 g/mol. The molecule has 1 N–H and O–H groups in total. The number of nitrogens with zero attached hydrogens (tertiary/aromatic N) is 3. The minimum Gasteiger partial charge on any atom is -0.351 e. The molecule has 0 fully saturated rings. The van der Waals surface area contributed by atoms with Crippen LogP contribution < -0.4 is 5.32 Å². The Labute approximate surface area is 137 Å². The molecule has 0 spiro atoms. The summed E-state index contributed by atoms with van der Waals surface area (Å²) in [6.07, 6.45) is 5.01. The molecule has 0 aliphatic carbocycles. The summed E-state index contributed by atoms with van der Waals surface area (Å²) in [5.74, 6) is -0.0484. The van der Waals surface area contributed by atoms with Crippen molar-refractivity contribution in [1.29, 1.82) is 0 Å². The van der Waals surface area contributed by atoms with Crippen LogP contribution in [0.15, 0.2) is 43.0 Å². The molecule has 23 heavy (non-hydrogen) atoms. The highest BCUT2D eigenvalue weighted by atomic mass is 16.1. The van der Waals surface area contributed by atoms with Gasteiger partial charge in [0.2, 0.25) is 0 Å². The highest BCUT2D eigenvalue weighted by Crippen LogP contribution is 2.18. The summed E-state index contributed by atoms with van der Waals surface area (Å²) < 4.78 is 0. The van der Waals surface area contributed by atoms with Crippen LogP contribution in [0.5, 0.6) is 0 Å². The van der Waals surface area contributed by atoms with E-state index in [9.17, 15) is 4.79 Å². The molecule has 0 radical (unpaired) electrons. The first-order valence-corrected chi connectivity index (χ1v) is 7.66. The first kappa shape index (κ1) is 17.1. The normalized spacial score (nSPS) is 11.5. The molecule has 0 bridgehead atoms. The van der Waals surface area contributed by atoms with E-state index in [0.29, 0.717) is 12.1 Å². The Bertz CT molecular complexity index is 636. The molecule has 122 valence electrons. The molecule has 5 heteroatoms. The fraction of sp³-hybridized carbons (Fsp3) is 0.389. The van der Waals surface area contributed by atoms with Gasteiger partial charge in [-0.15, -0.1) is 0 Å². The largest absolute Gasteiger partial charge is 0.351 e. The molecule has 5 nitrogen and oxygen atoms in total. The third kappa shape index (κ3) is 5.14. The number of carbonyl (C=O) groups excluding carboxylic acids is 1. The zero-order valence-electron chi connectivity index (χ0n) is 14.2. The van der Waals surface area contributed by atoms with Crippen LogP contribution in [0.2, 0.25) is 0 Å². The lowest BCUT2D eigenvalue weighted by Gasteiger charge is -2.28. The molecule has 0 saturated heterocycles. The van der Waals surface area contributed by atoms with Crippen LogP contribution in [0.1, 0.15) is 24.2 Å². The first-order chi connectivity index (χ1) is 10.9. The van der Waals surface area contributed by atoms with Crippen LogP contribution in [-0.4, -0.2) is 48.0 Å². The Morgan fingerprint density at radius 3 is 2.26 bits per heavy atom. The number of hydrogen-bond donors (Lipinski definition) is 1. The summed E-state index contributed by atoms with van der Waals surface area (Å²) in [7, 11) is 4.07. The number of benzene rings is 1. The summed E-state index contributed by atoms with van der Waals surface area (Å²) in [6, 6.07) is 7.49. The number of amides is 1. The van der Waals surface area contributed by atoms with E-state index in [4.69, 9.17) is 0 Å². The minimum atomic E-state index is -0.0484. The second-order valence-electron chi connectivity index (χ2n) is 6.79. The summed E-state index contributed by atoms with van der Waals surface area (Å²) in [5, 5.41) is 3.01. The number of nitrogens with one attached hydrogen (secondary N) is 1. The smallest absolute Gasteiger partial charge is 0.251 e. The predicted molar refractivity (Wildman–Crippen MR) is 92.1 cm³/mol. The van der Waals surface area contributed by atoms with E-state index in [1.165, 1.54) is 6.33 Å². The van der Waals surface area contributed by atoms with Crippen molar-refractivity contribution in [3.05, 3.63) is 48.5 Å². The molecule has 2 rings (SSSR count). The highest BCUT2D eigenvalue weighted by molar-refractivity contribution is 5.94. The van der Waals surface area contributed by atoms with Gasteiger partial charge in [-0.2, -0.15) is 0 Å². The standard InChI is InChI=1S/C18H24N4O/c1-18(2,12-22(3)4)11-21-17(23)15-7-5-14(6-8-15)16-9-19-13-20-10-16/h5-10,13H,11-12H2,1-4H3,(H,21,23). The van der Waals surface area contributed by atoms with Crippen molar-refractivity contribution in [2.75, 3.05) is 27.2 Å². The molecule has 1 aromatic heterocycles. The van der Waals surface area contributed by atoms with E-state index in [2.05, 4.69) is 34.0 Å². The lowest BCUT2D eigenvalue weighted by Crippen LogP contribution is -2.39. The lowest BCUT2D eigenvalue weighted by molar-refractivity contribution is 0.0929. The maximum Gasteiger partial charge on any atom is 0.251 e. The summed E-state index contributed by atoms with van der Waals surface area (Å²) in [4.78, 5) is 22.4. The average Bonchev–Trinajstić information content (AvgIpc) is 2.52. The number of rotatable bonds is 6. The Morgan fingerprint density at radius 1 is 1.09 bits per heavy atom. The average molecular weight is 312 g/mol. The summed E-state index contributed by atoms with van der Waals surface area (Å²) >= 11 is 0. The van der Waals surface area contributed by atoms with Crippen LogP contribution in [0.25, 0.3) is 11.1 Å². The van der Waals surface area contributed by atoms with Crippen molar-refractivity contribution in [3.63, 3.8) is 0 Å². The van der Waals surface area contributed by atoms with Crippen molar-refractivity contribution in [2.45, 2.75) is 13.8 Å². The van der Waals surface area contributed by atoms with Crippen molar-refractivity contribution in [2.24, 2.45) is 5.41 Å². The van der Waals surface area contributed by atoms with Gasteiger partial charge in [-0.1, -0.05) is 26.0 Å². The van der Waals surface area contributed by atoms with Gasteiger partial charge >= 0.3 is 0 Å². The second kappa shape index (κ2) is 7.33. The van der Waals surface area contributed by atoms with E-state index in [1.54, 1.807) is 12.4 Å². The van der Waals surface area contributed by atoms with Crippen LogP contribution >= 0.6 is 0 Å². The first-order valence-electron chi connectivity index (χ1n) is 7.66. The maximum atomic E-state index is 12.3. The van der Waals surface area contributed by atoms with Crippen molar-refractivity contribution in [3.8, 4) is 11.1 Å². The molecule has 0 aliphatic rings. The van der Waals surface area contributed by atoms with Gasteiger partial charge < -0.3 is 10.2 Å². The van der Waals surface area contributed by atoms with Crippen LogP contribution in [-0.2, 0) is 0 Å². The van der Waals surface area contributed by atoms with Crippen LogP contribution in [0.4, 0.5) is 0 Å². The quantitative estimate of drug-likeness (QED) is 0.890. The van der Waals surface area contributed by atoms with E-state index < -0.39 is 0 Å². The topological polar surface area (TPSA) is 58.1 Å². The third-order valence-corrected chi connectivity index (χ3v) is 3.51. The fourth-order valence-corrected chi connectivity index (χ4v) is 2.60. The van der Waals surface area contributed by atoms with Gasteiger partial charge in [0, 0.05) is 36.6 Å². The molecule has 0 atom stereocenters. The van der Waals surface area contributed by atoms with E-state index >= 15 is 0 Å². The van der Waals surface area contributed by atoms with Gasteiger partial charge in [-0.05, 0) is 37.2 Å². The second-order valence-corrected chi connectivity index (χ2v) is 6.79.